The van der Waals surface area contributed by atoms with Gasteiger partial charge in [0.15, 0.2) is 5.78 Å². The lowest BCUT2D eigenvalue weighted by Crippen LogP contribution is -2.41. The number of carbonyl (C=O) groups is 1. The number of allylic oxidation sites excluding steroid dienone is 1. The monoisotopic (exact) mass is 497 g/mol. The fraction of sp³-hybridized carbons (Fsp3) is 0.276. The van der Waals surface area contributed by atoms with Crippen molar-refractivity contribution < 1.29 is 4.79 Å². The first-order valence-corrected chi connectivity index (χ1v) is 12.7. The van der Waals surface area contributed by atoms with E-state index in [0.29, 0.717) is 12.1 Å². The van der Waals surface area contributed by atoms with E-state index in [-0.39, 0.29) is 30.4 Å². The molecule has 2 heterocycles. The Morgan fingerprint density at radius 3 is 2.59 bits per heavy atom. The number of aromatic nitrogens is 3. The molecule has 0 saturated heterocycles. The second-order valence-electron chi connectivity index (χ2n) is 9.52. The van der Waals surface area contributed by atoms with E-state index in [4.69, 9.17) is 5.73 Å². The summed E-state index contributed by atoms with van der Waals surface area (Å²) in [6, 6.07) is 17.1. The zero-order valence-corrected chi connectivity index (χ0v) is 20.7. The summed E-state index contributed by atoms with van der Waals surface area (Å²) in [6.45, 7) is 0.618. The zero-order valence-electron chi connectivity index (χ0n) is 20.7. The molecule has 0 spiro atoms. The number of nitrogens with zero attached hydrogens (tertiary/aromatic N) is 2. The molecule has 0 amide bonds. The Labute approximate surface area is 214 Å². The van der Waals surface area contributed by atoms with Crippen LogP contribution in [-0.4, -0.2) is 33.4 Å². The molecule has 1 aliphatic rings. The predicted octanol–water partition coefficient (Wildman–Crippen LogP) is 4.23. The van der Waals surface area contributed by atoms with E-state index in [2.05, 4.69) is 16.0 Å². The van der Waals surface area contributed by atoms with Gasteiger partial charge in [-0.1, -0.05) is 60.2 Å². The maximum Gasteiger partial charge on any atom is 0.330 e. The summed E-state index contributed by atoms with van der Waals surface area (Å²) < 4.78 is 1.36. The second-order valence-corrected chi connectivity index (χ2v) is 9.52. The van der Waals surface area contributed by atoms with Crippen LogP contribution < -0.4 is 21.9 Å². The minimum atomic E-state index is -0.587. The molecule has 37 heavy (non-hydrogen) atoms. The minimum absolute atomic E-state index is 0.0358. The number of hydrogen-bond donors (Lipinski definition) is 3. The van der Waals surface area contributed by atoms with Crippen LogP contribution in [0.4, 0.5) is 11.5 Å². The first-order valence-electron chi connectivity index (χ1n) is 12.7. The lowest BCUT2D eigenvalue weighted by molar-refractivity contribution is 0.100. The van der Waals surface area contributed by atoms with Crippen LogP contribution in [-0.2, 0) is 6.54 Å². The number of carbonyl (C=O) groups excluding carboxylic acids is 1. The molecule has 0 bridgehead atoms. The largest absolute Gasteiger partial charge is 0.383 e. The van der Waals surface area contributed by atoms with E-state index in [0.717, 1.165) is 42.1 Å². The Bertz CT molecular complexity index is 1560. The number of para-hydroxylation sites is 1. The Hall–Kier alpha value is -4.33. The van der Waals surface area contributed by atoms with Gasteiger partial charge in [0.1, 0.15) is 11.5 Å². The molecule has 2 aromatic carbocycles. The Morgan fingerprint density at radius 2 is 1.81 bits per heavy atom. The number of aromatic amines is 2. The molecule has 8 nitrogen and oxygen atoms in total. The van der Waals surface area contributed by atoms with Crippen LogP contribution in [0, 0.1) is 0 Å². The molecule has 4 N–H and O–H groups in total. The van der Waals surface area contributed by atoms with Crippen LogP contribution in [0.1, 0.15) is 48.0 Å². The summed E-state index contributed by atoms with van der Waals surface area (Å²) in [7, 11) is 0. The van der Waals surface area contributed by atoms with Crippen molar-refractivity contribution in [2.24, 2.45) is 0 Å². The number of hydrogen-bond acceptors (Lipinski definition) is 5. The average Bonchev–Trinajstić information content (AvgIpc) is 3.35. The molecule has 5 rings (SSSR count). The van der Waals surface area contributed by atoms with E-state index in [1.807, 2.05) is 54.6 Å². The molecule has 0 unspecified atom stereocenters. The average molecular weight is 498 g/mol. The summed E-state index contributed by atoms with van der Waals surface area (Å²) in [5.74, 6) is -0.0726. The van der Waals surface area contributed by atoms with Gasteiger partial charge in [0.25, 0.3) is 5.56 Å². The lowest BCUT2D eigenvalue weighted by Gasteiger charge is -2.26. The number of nitrogen functional groups attached to an aromatic ring is 1. The van der Waals surface area contributed by atoms with Gasteiger partial charge < -0.3 is 15.6 Å². The maximum atomic E-state index is 13.5. The van der Waals surface area contributed by atoms with Gasteiger partial charge in [0, 0.05) is 29.2 Å². The van der Waals surface area contributed by atoms with E-state index < -0.39 is 11.2 Å². The van der Waals surface area contributed by atoms with Gasteiger partial charge in [-0.25, -0.2) is 4.79 Å². The summed E-state index contributed by atoms with van der Waals surface area (Å²) in [6.07, 6.45) is 9.08. The topological polar surface area (TPSA) is 117 Å². The fourth-order valence-electron chi connectivity index (χ4n) is 5.05. The van der Waals surface area contributed by atoms with Crippen LogP contribution in [0.2, 0.25) is 0 Å². The van der Waals surface area contributed by atoms with Gasteiger partial charge in [-0.2, -0.15) is 0 Å². The highest BCUT2D eigenvalue weighted by Crippen LogP contribution is 2.25. The third kappa shape index (κ3) is 5.28. The summed E-state index contributed by atoms with van der Waals surface area (Å²) >= 11 is 0. The number of fused-ring (bicyclic) bond motifs is 1. The molecule has 8 heteroatoms. The van der Waals surface area contributed by atoms with Gasteiger partial charge in [-0.15, -0.1) is 0 Å². The van der Waals surface area contributed by atoms with Crippen LogP contribution in [0.5, 0.6) is 0 Å². The molecule has 0 radical (unpaired) electrons. The first kappa shape index (κ1) is 24.4. The number of Topliss-reactive ketones (excluding diaryl/α,β-unsaturated/α-hetero) is 1. The van der Waals surface area contributed by atoms with Crippen molar-refractivity contribution >= 4 is 28.2 Å². The zero-order chi connectivity index (χ0) is 25.8. The standard InChI is InChI=1S/C29H31N5O3/c30-27-26(28(36)32-29(37)34(27)18-21-11-5-2-6-12-21)33(16-15-20-9-3-1-4-10-20)19-25(35)23-17-31-24-14-8-7-13-22(23)24/h2,5-9,11-14,17,31H,1,3-4,10,15-16,18-19,30H2,(H,32,36,37). The maximum absolute atomic E-state index is 13.5. The first-order chi connectivity index (χ1) is 18.0. The molecule has 0 atom stereocenters. The third-order valence-corrected chi connectivity index (χ3v) is 7.03. The van der Waals surface area contributed by atoms with Gasteiger partial charge in [0.2, 0.25) is 0 Å². The van der Waals surface area contributed by atoms with Crippen LogP contribution >= 0.6 is 0 Å². The Balaban J connectivity index is 1.51. The van der Waals surface area contributed by atoms with Gasteiger partial charge in [-0.05, 0) is 43.7 Å². The van der Waals surface area contributed by atoms with E-state index in [9.17, 15) is 14.4 Å². The molecular weight excluding hydrogens is 466 g/mol. The molecular formula is C29H31N5O3. The van der Waals surface area contributed by atoms with Gasteiger partial charge in [-0.3, -0.25) is 19.1 Å². The van der Waals surface area contributed by atoms with Crippen molar-refractivity contribution in [1.82, 2.24) is 14.5 Å². The molecule has 1 aliphatic carbocycles. The van der Waals surface area contributed by atoms with Crippen molar-refractivity contribution in [2.75, 3.05) is 23.7 Å². The molecule has 0 aliphatic heterocycles. The van der Waals surface area contributed by atoms with Gasteiger partial charge in [0.05, 0.1) is 13.1 Å². The quantitative estimate of drug-likeness (QED) is 0.236. The highest BCUT2D eigenvalue weighted by atomic mass is 16.2. The number of anilines is 2. The number of nitrogens with two attached hydrogens (primary N) is 1. The van der Waals surface area contributed by atoms with Crippen molar-refractivity contribution in [2.45, 2.75) is 38.6 Å². The minimum Gasteiger partial charge on any atom is -0.383 e. The highest BCUT2D eigenvalue weighted by molar-refractivity contribution is 6.09. The van der Waals surface area contributed by atoms with E-state index >= 15 is 0 Å². The summed E-state index contributed by atoms with van der Waals surface area (Å²) in [5.41, 5.74) is 9.12. The van der Waals surface area contributed by atoms with E-state index in [1.54, 1.807) is 11.1 Å². The van der Waals surface area contributed by atoms with Crippen molar-refractivity contribution in [1.29, 1.82) is 0 Å². The van der Waals surface area contributed by atoms with Crippen molar-refractivity contribution in [3.63, 3.8) is 0 Å². The van der Waals surface area contributed by atoms with E-state index in [1.165, 1.54) is 16.6 Å². The SMILES string of the molecule is Nc1c(N(CCC2=CCCCC2)CC(=O)c2c[nH]c3ccccc23)c(=O)[nH]c(=O)n1Cc1ccccc1. The van der Waals surface area contributed by atoms with Crippen LogP contribution in [0.25, 0.3) is 10.9 Å². The number of nitrogens with one attached hydrogen (secondary N) is 2. The lowest BCUT2D eigenvalue weighted by atomic mass is 9.97. The fourth-order valence-corrected chi connectivity index (χ4v) is 5.05. The van der Waals surface area contributed by atoms with Crippen LogP contribution in [0.15, 0.2) is 82.0 Å². The van der Waals surface area contributed by atoms with Crippen LogP contribution in [0.3, 0.4) is 0 Å². The number of benzene rings is 2. The Kier molecular flexibility index (Phi) is 7.07. The molecule has 0 fully saturated rings. The third-order valence-electron chi connectivity index (χ3n) is 7.03. The second kappa shape index (κ2) is 10.7. The number of H-pyrrole nitrogens is 2. The molecule has 190 valence electrons. The molecule has 0 saturated carbocycles. The van der Waals surface area contributed by atoms with Crippen molar-refractivity contribution in [3.8, 4) is 0 Å². The smallest absolute Gasteiger partial charge is 0.330 e. The normalized spacial score (nSPS) is 13.5. The van der Waals surface area contributed by atoms with Gasteiger partial charge >= 0.3 is 5.69 Å². The molecule has 4 aromatic rings. The molecule has 2 aromatic heterocycles. The predicted molar refractivity (Wildman–Crippen MR) is 147 cm³/mol. The number of rotatable bonds is 9. The number of ketones is 1. The summed E-state index contributed by atoms with van der Waals surface area (Å²) in [4.78, 5) is 46.7. The summed E-state index contributed by atoms with van der Waals surface area (Å²) in [5, 5.41) is 0.832. The Morgan fingerprint density at radius 1 is 1.03 bits per heavy atom. The van der Waals surface area contributed by atoms with Crippen molar-refractivity contribution in [3.05, 3.63) is 104 Å². The highest BCUT2D eigenvalue weighted by Gasteiger charge is 2.23.